The number of amides is 4. The van der Waals surface area contributed by atoms with Crippen LogP contribution in [0.5, 0.6) is 0 Å². The third kappa shape index (κ3) is 5.74. The van der Waals surface area contributed by atoms with Crippen LogP contribution in [0.1, 0.15) is 49.9 Å². The second kappa shape index (κ2) is 10.1. The molecule has 1 heterocycles. The fourth-order valence-corrected chi connectivity index (χ4v) is 4.03. The Labute approximate surface area is 202 Å². The maximum atomic E-state index is 13.6. The third-order valence-corrected chi connectivity index (χ3v) is 6.36. The van der Waals surface area contributed by atoms with Crippen LogP contribution >= 0.6 is 11.6 Å². The summed E-state index contributed by atoms with van der Waals surface area (Å²) in [6.07, 6.45) is 1.84. The molecule has 184 valence electrons. The zero-order valence-corrected chi connectivity index (χ0v) is 20.1. The molecule has 1 aromatic rings. The van der Waals surface area contributed by atoms with Gasteiger partial charge in [0, 0.05) is 36.4 Å². The number of alkyl halides is 1. The summed E-state index contributed by atoms with van der Waals surface area (Å²) in [6.45, 7) is 3.13. The number of methoxy groups -OCH3 is 1. The second-order valence-electron chi connectivity index (χ2n) is 8.92. The Hall–Kier alpha value is -2.98. The van der Waals surface area contributed by atoms with Gasteiger partial charge in [-0.1, -0.05) is 17.7 Å². The van der Waals surface area contributed by atoms with E-state index < -0.39 is 40.5 Å². The molecule has 10 nitrogen and oxygen atoms in total. The highest BCUT2D eigenvalue weighted by molar-refractivity contribution is 6.41. The standard InChI is InChI=1S/C23H29ClN4O6/c1-12-9-14(20(31)26-12)11-17(18(29)21(32)27-15-7-8-15)28(22(33)23(2,24)34-3)16-6-4-5-13(10-16)19(25)30/h4-6,10,12,14-15,17H,7-9,11H2,1-3H3,(H2,25,30)(H,26,31)(H,27,32)/t12-,14+,17+,23-/m1/s1. The van der Waals surface area contributed by atoms with Gasteiger partial charge in [0.1, 0.15) is 6.04 Å². The van der Waals surface area contributed by atoms with Gasteiger partial charge in [-0.25, -0.2) is 0 Å². The summed E-state index contributed by atoms with van der Waals surface area (Å²) in [5.41, 5.74) is 5.61. The minimum Gasteiger partial charge on any atom is -0.366 e. The molecular formula is C23H29ClN4O6. The molecule has 1 aromatic carbocycles. The predicted octanol–water partition coefficient (Wildman–Crippen LogP) is 0.851. The van der Waals surface area contributed by atoms with Crippen molar-refractivity contribution in [2.45, 2.75) is 62.7 Å². The van der Waals surface area contributed by atoms with Crippen molar-refractivity contribution >= 4 is 46.7 Å². The molecule has 34 heavy (non-hydrogen) atoms. The lowest BCUT2D eigenvalue weighted by Crippen LogP contribution is -2.56. The number of rotatable bonds is 10. The molecule has 0 aromatic heterocycles. The molecular weight excluding hydrogens is 464 g/mol. The van der Waals surface area contributed by atoms with E-state index in [1.165, 1.54) is 38.3 Å². The minimum absolute atomic E-state index is 0.0878. The summed E-state index contributed by atoms with van der Waals surface area (Å²) >= 11 is 6.31. The molecule has 4 atom stereocenters. The van der Waals surface area contributed by atoms with Crippen LogP contribution in [0, 0.1) is 5.92 Å². The summed E-state index contributed by atoms with van der Waals surface area (Å²) in [6, 6.07) is 4.18. The highest BCUT2D eigenvalue weighted by atomic mass is 35.5. The van der Waals surface area contributed by atoms with Crippen LogP contribution < -0.4 is 21.3 Å². The Morgan fingerprint density at radius 1 is 1.32 bits per heavy atom. The van der Waals surface area contributed by atoms with Crippen LogP contribution in [-0.2, 0) is 23.9 Å². The largest absolute Gasteiger partial charge is 0.366 e. The predicted molar refractivity (Wildman–Crippen MR) is 124 cm³/mol. The number of hydrogen-bond donors (Lipinski definition) is 3. The average Bonchev–Trinajstić information content (AvgIpc) is 3.55. The number of ketones is 1. The van der Waals surface area contributed by atoms with E-state index in [0.717, 1.165) is 17.7 Å². The molecule has 0 radical (unpaired) electrons. The molecule has 1 saturated heterocycles. The lowest BCUT2D eigenvalue weighted by atomic mass is 9.92. The highest BCUT2D eigenvalue weighted by Crippen LogP contribution is 2.31. The SMILES string of the molecule is CO[C@@](C)(Cl)C(=O)N(c1cccc(C(N)=O)c1)[C@@H](C[C@@H]1C[C@@H](C)NC1=O)C(=O)C(=O)NC1CC1. The molecule has 0 bridgehead atoms. The number of nitrogens with zero attached hydrogens (tertiary/aromatic N) is 1. The first-order chi connectivity index (χ1) is 15.9. The first kappa shape index (κ1) is 25.6. The maximum absolute atomic E-state index is 13.6. The number of nitrogens with one attached hydrogen (secondary N) is 2. The topological polar surface area (TPSA) is 148 Å². The smallest absolute Gasteiger partial charge is 0.289 e. The minimum atomic E-state index is -1.89. The molecule has 1 aliphatic heterocycles. The van der Waals surface area contributed by atoms with Gasteiger partial charge in [-0.15, -0.1) is 0 Å². The van der Waals surface area contributed by atoms with Crippen LogP contribution in [-0.4, -0.2) is 59.7 Å². The lowest BCUT2D eigenvalue weighted by Gasteiger charge is -2.35. The van der Waals surface area contributed by atoms with Gasteiger partial charge in [0.05, 0.1) is 0 Å². The number of primary amides is 1. The fraction of sp³-hybridized carbons (Fsp3) is 0.522. The molecule has 4 amide bonds. The zero-order chi connectivity index (χ0) is 25.2. The van der Waals surface area contributed by atoms with Gasteiger partial charge in [-0.05, 0) is 57.7 Å². The van der Waals surface area contributed by atoms with E-state index in [0.29, 0.717) is 6.42 Å². The Kier molecular flexibility index (Phi) is 7.62. The van der Waals surface area contributed by atoms with Crippen molar-refractivity contribution in [1.82, 2.24) is 10.6 Å². The highest BCUT2D eigenvalue weighted by Gasteiger charge is 2.45. The molecule has 4 N–H and O–H groups in total. The summed E-state index contributed by atoms with van der Waals surface area (Å²) in [5, 5.41) is 3.54. The Morgan fingerprint density at radius 2 is 2.00 bits per heavy atom. The van der Waals surface area contributed by atoms with E-state index in [1.807, 2.05) is 6.92 Å². The van der Waals surface area contributed by atoms with Gasteiger partial charge in [-0.3, -0.25) is 28.9 Å². The first-order valence-corrected chi connectivity index (χ1v) is 11.4. The molecule has 1 aliphatic carbocycles. The Bertz CT molecular complexity index is 1010. The van der Waals surface area contributed by atoms with Gasteiger partial charge in [0.15, 0.2) is 0 Å². The lowest BCUT2D eigenvalue weighted by molar-refractivity contribution is -0.141. The number of anilines is 1. The summed E-state index contributed by atoms with van der Waals surface area (Å²) < 4.78 is 5.14. The average molecular weight is 493 g/mol. The molecule has 3 rings (SSSR count). The normalized spacial score (nSPS) is 22.3. The molecule has 11 heteroatoms. The zero-order valence-electron chi connectivity index (χ0n) is 19.3. The van der Waals surface area contributed by atoms with Crippen molar-refractivity contribution in [3.05, 3.63) is 29.8 Å². The van der Waals surface area contributed by atoms with Crippen molar-refractivity contribution in [2.24, 2.45) is 11.7 Å². The van der Waals surface area contributed by atoms with Crippen molar-refractivity contribution < 1.29 is 28.7 Å². The van der Waals surface area contributed by atoms with Crippen LogP contribution in [0.25, 0.3) is 0 Å². The van der Waals surface area contributed by atoms with Crippen LogP contribution in [0.15, 0.2) is 24.3 Å². The van der Waals surface area contributed by atoms with Gasteiger partial charge in [0.25, 0.3) is 11.8 Å². The van der Waals surface area contributed by atoms with Crippen molar-refractivity contribution in [3.63, 3.8) is 0 Å². The number of ether oxygens (including phenoxy) is 1. The van der Waals surface area contributed by atoms with E-state index in [4.69, 9.17) is 22.1 Å². The van der Waals surface area contributed by atoms with E-state index >= 15 is 0 Å². The number of hydrogen-bond acceptors (Lipinski definition) is 6. The van der Waals surface area contributed by atoms with Gasteiger partial charge < -0.3 is 21.1 Å². The molecule has 2 fully saturated rings. The monoisotopic (exact) mass is 492 g/mol. The Morgan fingerprint density at radius 3 is 2.53 bits per heavy atom. The Balaban J connectivity index is 2.08. The van der Waals surface area contributed by atoms with E-state index in [9.17, 15) is 24.0 Å². The van der Waals surface area contributed by atoms with E-state index in [2.05, 4.69) is 10.6 Å². The summed E-state index contributed by atoms with van der Waals surface area (Å²) in [4.78, 5) is 65.1. The summed E-state index contributed by atoms with van der Waals surface area (Å²) in [5.74, 6) is -4.20. The first-order valence-electron chi connectivity index (χ1n) is 11.1. The molecule has 1 saturated carbocycles. The molecule has 0 spiro atoms. The van der Waals surface area contributed by atoms with E-state index in [1.54, 1.807) is 0 Å². The number of nitrogens with two attached hydrogens (primary N) is 1. The van der Waals surface area contributed by atoms with Crippen molar-refractivity contribution in [3.8, 4) is 0 Å². The third-order valence-electron chi connectivity index (χ3n) is 6.05. The number of carbonyl (C=O) groups excluding carboxylic acids is 5. The number of carbonyl (C=O) groups is 5. The molecule has 0 unspecified atom stereocenters. The van der Waals surface area contributed by atoms with Crippen LogP contribution in [0.4, 0.5) is 5.69 Å². The number of Topliss-reactive ketones (excluding diaryl/α,β-unsaturated/α-hetero) is 1. The van der Waals surface area contributed by atoms with Crippen LogP contribution in [0.2, 0.25) is 0 Å². The van der Waals surface area contributed by atoms with Crippen molar-refractivity contribution in [2.75, 3.05) is 12.0 Å². The molecule has 2 aliphatic rings. The van der Waals surface area contributed by atoms with Gasteiger partial charge in [0.2, 0.25) is 22.7 Å². The van der Waals surface area contributed by atoms with Gasteiger partial charge >= 0.3 is 0 Å². The van der Waals surface area contributed by atoms with E-state index in [-0.39, 0.29) is 35.7 Å². The summed E-state index contributed by atoms with van der Waals surface area (Å²) in [7, 11) is 1.23. The van der Waals surface area contributed by atoms with Crippen LogP contribution in [0.3, 0.4) is 0 Å². The second-order valence-corrected chi connectivity index (χ2v) is 9.64. The number of benzene rings is 1. The van der Waals surface area contributed by atoms with Gasteiger partial charge in [-0.2, -0.15) is 0 Å². The number of halogens is 1. The quantitative estimate of drug-likeness (QED) is 0.326. The fourth-order valence-electron chi connectivity index (χ4n) is 3.94. The maximum Gasteiger partial charge on any atom is 0.289 e. The van der Waals surface area contributed by atoms with Crippen molar-refractivity contribution in [1.29, 1.82) is 0 Å².